The first-order valence-electron chi connectivity index (χ1n) is 11.7. The molecule has 4 rings (SSSR count). The van der Waals surface area contributed by atoms with Crippen LogP contribution in [0.5, 0.6) is 0 Å². The molecule has 0 fully saturated rings. The van der Waals surface area contributed by atoms with Crippen LogP contribution in [0, 0.1) is 5.92 Å². The fraction of sp³-hybridized carbons (Fsp3) is 0.370. The molecule has 0 heterocycles. The molecule has 0 saturated carbocycles. The highest BCUT2D eigenvalue weighted by atomic mass is 16.5. The van der Waals surface area contributed by atoms with Gasteiger partial charge in [-0.05, 0) is 48.4 Å². The molecule has 0 spiro atoms. The minimum atomic E-state index is -0.874. The van der Waals surface area contributed by atoms with Crippen LogP contribution in [0.4, 0.5) is 4.79 Å². The van der Waals surface area contributed by atoms with Crippen molar-refractivity contribution in [2.75, 3.05) is 6.61 Å². The molecule has 0 bridgehead atoms. The third kappa shape index (κ3) is 5.47. The Labute approximate surface area is 199 Å². The number of aliphatic carboxylic acids is 1. The number of ether oxygens (including phenoxy) is 1. The molecule has 0 aliphatic heterocycles. The van der Waals surface area contributed by atoms with Crippen molar-refractivity contribution in [1.82, 2.24) is 10.6 Å². The predicted octanol–water partition coefficient (Wildman–Crippen LogP) is 4.23. The third-order valence-electron chi connectivity index (χ3n) is 6.50. The van der Waals surface area contributed by atoms with Crippen molar-refractivity contribution < 1.29 is 24.2 Å². The zero-order valence-corrected chi connectivity index (χ0v) is 19.2. The van der Waals surface area contributed by atoms with Gasteiger partial charge in [0.2, 0.25) is 5.91 Å². The lowest BCUT2D eigenvalue weighted by atomic mass is 9.98. The van der Waals surface area contributed by atoms with Gasteiger partial charge in [-0.15, -0.1) is 0 Å². The standard InChI is InChI=1S/C27H30N2O5/c1-17(7-6-12-25(30)29-19-14-13-18(15-19)26(31)32)28-27(33)34-16-24-22-10-4-2-8-20(22)21-9-3-5-11-23(21)24/h2-5,8-11,13-14,17-19,24H,6-7,12,15-16H2,1H3,(H,28,33)(H,29,30)(H,31,32). The van der Waals surface area contributed by atoms with Gasteiger partial charge in [0, 0.05) is 24.4 Å². The van der Waals surface area contributed by atoms with E-state index in [4.69, 9.17) is 9.84 Å². The van der Waals surface area contributed by atoms with Gasteiger partial charge >= 0.3 is 12.1 Å². The van der Waals surface area contributed by atoms with Crippen LogP contribution in [0.15, 0.2) is 60.7 Å². The molecule has 3 unspecified atom stereocenters. The van der Waals surface area contributed by atoms with E-state index in [1.165, 1.54) is 22.3 Å². The number of carboxylic acids is 1. The van der Waals surface area contributed by atoms with Gasteiger partial charge in [-0.3, -0.25) is 9.59 Å². The maximum absolute atomic E-state index is 12.4. The molecule has 3 atom stereocenters. The van der Waals surface area contributed by atoms with E-state index in [2.05, 4.69) is 34.9 Å². The van der Waals surface area contributed by atoms with E-state index in [1.54, 1.807) is 12.2 Å². The number of nitrogens with one attached hydrogen (secondary N) is 2. The zero-order chi connectivity index (χ0) is 24.1. The number of hydrogen-bond acceptors (Lipinski definition) is 4. The van der Waals surface area contributed by atoms with Gasteiger partial charge < -0.3 is 20.5 Å². The molecule has 7 heteroatoms. The minimum absolute atomic E-state index is 0.0162. The van der Waals surface area contributed by atoms with Crippen molar-refractivity contribution in [2.45, 2.75) is 50.6 Å². The summed E-state index contributed by atoms with van der Waals surface area (Å²) >= 11 is 0. The molecule has 0 saturated heterocycles. The second-order valence-electron chi connectivity index (χ2n) is 9.00. The fourth-order valence-corrected chi connectivity index (χ4v) is 4.75. The number of benzene rings is 2. The van der Waals surface area contributed by atoms with Crippen molar-refractivity contribution in [2.24, 2.45) is 5.92 Å². The highest BCUT2D eigenvalue weighted by Crippen LogP contribution is 2.44. The molecule has 2 aromatic carbocycles. The lowest BCUT2D eigenvalue weighted by molar-refractivity contribution is -0.140. The molecule has 2 aliphatic rings. The highest BCUT2D eigenvalue weighted by molar-refractivity contribution is 5.79. The summed E-state index contributed by atoms with van der Waals surface area (Å²) in [7, 11) is 0. The first-order valence-corrected chi connectivity index (χ1v) is 11.7. The molecule has 178 valence electrons. The largest absolute Gasteiger partial charge is 0.481 e. The van der Waals surface area contributed by atoms with Crippen molar-refractivity contribution in [3.05, 3.63) is 71.8 Å². The van der Waals surface area contributed by atoms with E-state index in [1.807, 2.05) is 31.2 Å². The molecule has 0 radical (unpaired) electrons. The Balaban J connectivity index is 1.18. The van der Waals surface area contributed by atoms with Crippen LogP contribution >= 0.6 is 0 Å². The summed E-state index contributed by atoms with van der Waals surface area (Å²) in [5.74, 6) is -1.51. The second kappa shape index (κ2) is 10.5. The van der Waals surface area contributed by atoms with Crippen LogP contribution in [-0.4, -0.2) is 41.8 Å². The molecular weight excluding hydrogens is 432 g/mol. The summed E-state index contributed by atoms with van der Waals surface area (Å²) in [6.07, 6.45) is 4.84. The van der Waals surface area contributed by atoms with Crippen molar-refractivity contribution >= 4 is 18.0 Å². The first-order chi connectivity index (χ1) is 16.4. The minimum Gasteiger partial charge on any atom is -0.481 e. The van der Waals surface area contributed by atoms with Crippen molar-refractivity contribution in [3.63, 3.8) is 0 Å². The van der Waals surface area contributed by atoms with E-state index in [-0.39, 0.29) is 30.5 Å². The Kier molecular flexibility index (Phi) is 7.30. The Bertz CT molecular complexity index is 1050. The quantitative estimate of drug-likeness (QED) is 0.484. The van der Waals surface area contributed by atoms with Crippen LogP contribution in [0.2, 0.25) is 0 Å². The lowest BCUT2D eigenvalue weighted by Gasteiger charge is -2.17. The molecule has 0 aromatic heterocycles. The van der Waals surface area contributed by atoms with Gasteiger partial charge in [0.05, 0.1) is 5.92 Å². The number of fused-ring (bicyclic) bond motifs is 3. The fourth-order valence-electron chi connectivity index (χ4n) is 4.75. The van der Waals surface area contributed by atoms with E-state index < -0.39 is 18.0 Å². The van der Waals surface area contributed by atoms with Gasteiger partial charge in [0.15, 0.2) is 0 Å². The van der Waals surface area contributed by atoms with E-state index in [9.17, 15) is 14.4 Å². The van der Waals surface area contributed by atoms with Gasteiger partial charge in [0.25, 0.3) is 0 Å². The van der Waals surface area contributed by atoms with Gasteiger partial charge in [-0.25, -0.2) is 4.79 Å². The summed E-state index contributed by atoms with van der Waals surface area (Å²) in [4.78, 5) is 35.5. The average molecular weight is 463 g/mol. The first kappa shape index (κ1) is 23.5. The van der Waals surface area contributed by atoms with Crippen LogP contribution in [0.1, 0.15) is 49.7 Å². The molecule has 3 N–H and O–H groups in total. The number of carbonyl (C=O) groups excluding carboxylic acids is 2. The van der Waals surface area contributed by atoms with Gasteiger partial charge in [-0.2, -0.15) is 0 Å². The SMILES string of the molecule is CC(CCCC(=O)NC1C=CC(C(=O)O)C1)NC(=O)OCC1c2ccccc2-c2ccccc21. The lowest BCUT2D eigenvalue weighted by Crippen LogP contribution is -2.35. The topological polar surface area (TPSA) is 105 Å². The summed E-state index contributed by atoms with van der Waals surface area (Å²) < 4.78 is 5.57. The van der Waals surface area contributed by atoms with E-state index >= 15 is 0 Å². The van der Waals surface area contributed by atoms with Crippen LogP contribution in [0.25, 0.3) is 11.1 Å². The average Bonchev–Trinajstić information content (AvgIpc) is 3.40. The highest BCUT2D eigenvalue weighted by Gasteiger charge is 2.29. The van der Waals surface area contributed by atoms with Crippen LogP contribution in [-0.2, 0) is 14.3 Å². The molecule has 2 aliphatic carbocycles. The number of rotatable bonds is 9. The normalized spacial score (nSPS) is 19.2. The van der Waals surface area contributed by atoms with E-state index in [0.717, 1.165) is 0 Å². The number of carbonyl (C=O) groups is 3. The zero-order valence-electron chi connectivity index (χ0n) is 19.2. The van der Waals surface area contributed by atoms with Gasteiger partial charge in [0.1, 0.15) is 6.61 Å². The predicted molar refractivity (Wildman–Crippen MR) is 128 cm³/mol. The molecular formula is C27H30N2O5. The summed E-state index contributed by atoms with van der Waals surface area (Å²) in [5, 5.41) is 14.7. The molecule has 7 nitrogen and oxygen atoms in total. The second-order valence-corrected chi connectivity index (χ2v) is 9.00. The number of carboxylic acid groups (broad SMARTS) is 1. The van der Waals surface area contributed by atoms with Crippen LogP contribution < -0.4 is 10.6 Å². The maximum Gasteiger partial charge on any atom is 0.407 e. The Morgan fingerprint density at radius 2 is 1.68 bits per heavy atom. The summed E-state index contributed by atoms with van der Waals surface area (Å²) in [5.41, 5.74) is 4.71. The summed E-state index contributed by atoms with van der Waals surface area (Å²) in [6.45, 7) is 2.15. The van der Waals surface area contributed by atoms with Crippen LogP contribution in [0.3, 0.4) is 0 Å². The van der Waals surface area contributed by atoms with Gasteiger partial charge in [-0.1, -0.05) is 60.7 Å². The number of alkyl carbamates (subject to hydrolysis) is 1. The number of amides is 2. The Hall–Kier alpha value is -3.61. The Morgan fingerprint density at radius 1 is 1.03 bits per heavy atom. The molecule has 34 heavy (non-hydrogen) atoms. The van der Waals surface area contributed by atoms with E-state index in [0.29, 0.717) is 25.7 Å². The van der Waals surface area contributed by atoms with Crippen molar-refractivity contribution in [3.8, 4) is 11.1 Å². The Morgan fingerprint density at radius 3 is 2.29 bits per heavy atom. The van der Waals surface area contributed by atoms with Crippen molar-refractivity contribution in [1.29, 1.82) is 0 Å². The molecule has 2 amide bonds. The third-order valence-corrected chi connectivity index (χ3v) is 6.50. The molecule has 2 aromatic rings. The summed E-state index contributed by atoms with van der Waals surface area (Å²) in [6, 6.07) is 16.0. The smallest absolute Gasteiger partial charge is 0.407 e. The number of hydrogen-bond donors (Lipinski definition) is 3. The maximum atomic E-state index is 12.4. The monoisotopic (exact) mass is 462 g/mol.